The van der Waals surface area contributed by atoms with E-state index in [-0.39, 0.29) is 27.2 Å². The molecule has 0 N–H and O–H groups in total. The number of carbonyl (C=O) groups excluding carboxylic acids is 2. The van der Waals surface area contributed by atoms with Crippen molar-refractivity contribution in [2.75, 3.05) is 39.3 Å². The van der Waals surface area contributed by atoms with E-state index in [0.29, 0.717) is 49.7 Å². The highest BCUT2D eigenvalue weighted by molar-refractivity contribution is 7.21. The molecule has 0 aliphatic carbocycles. The van der Waals surface area contributed by atoms with Gasteiger partial charge in [0.15, 0.2) is 0 Å². The van der Waals surface area contributed by atoms with Crippen molar-refractivity contribution < 1.29 is 22.8 Å². The van der Waals surface area contributed by atoms with E-state index in [1.54, 1.807) is 15.8 Å². The Kier molecular flexibility index (Phi) is 5.84. The molecule has 0 bridgehead atoms. The number of piperazine rings is 1. The van der Waals surface area contributed by atoms with E-state index in [9.17, 15) is 22.8 Å². The molecule has 33 heavy (non-hydrogen) atoms. The number of halogens is 4. The Morgan fingerprint density at radius 1 is 1.06 bits per heavy atom. The molecule has 2 aromatic heterocycles. The average molecular weight is 515 g/mol. The van der Waals surface area contributed by atoms with Gasteiger partial charge in [0.2, 0.25) is 0 Å². The minimum Gasteiger partial charge on any atom is -0.335 e. The number of benzene rings is 1. The van der Waals surface area contributed by atoms with Crippen LogP contribution in [0.3, 0.4) is 0 Å². The Bertz CT molecular complexity index is 1200. The van der Waals surface area contributed by atoms with Gasteiger partial charge in [0.25, 0.3) is 11.8 Å². The predicted octanol–water partition coefficient (Wildman–Crippen LogP) is 4.31. The maximum atomic E-state index is 13.8. The smallest absolute Gasteiger partial charge is 0.335 e. The van der Waals surface area contributed by atoms with Gasteiger partial charge in [-0.3, -0.25) is 14.5 Å². The summed E-state index contributed by atoms with van der Waals surface area (Å²) in [6.07, 6.45) is -4.65. The van der Waals surface area contributed by atoms with Crippen molar-refractivity contribution in [2.45, 2.75) is 12.2 Å². The fraction of sp³-hybridized carbons (Fsp3) is 0.381. The molecule has 1 aromatic carbocycles. The number of alkyl halides is 3. The van der Waals surface area contributed by atoms with Crippen molar-refractivity contribution in [1.82, 2.24) is 19.7 Å². The van der Waals surface area contributed by atoms with E-state index in [2.05, 4.69) is 9.88 Å². The van der Waals surface area contributed by atoms with Crippen LogP contribution in [-0.4, -0.2) is 76.8 Å². The summed E-state index contributed by atoms with van der Waals surface area (Å²) < 4.78 is 41.8. The monoisotopic (exact) mass is 514 g/mol. The van der Waals surface area contributed by atoms with Crippen molar-refractivity contribution in [2.24, 2.45) is 0 Å². The molecule has 12 heteroatoms. The summed E-state index contributed by atoms with van der Waals surface area (Å²) in [7, 11) is 0. The molecular weight excluding hydrogens is 497 g/mol. The highest BCUT2D eigenvalue weighted by Crippen LogP contribution is 2.44. The summed E-state index contributed by atoms with van der Waals surface area (Å²) in [5.74, 6) is -0.695. The van der Waals surface area contributed by atoms with Crippen LogP contribution in [0.25, 0.3) is 10.1 Å². The topological polar surface area (TPSA) is 56.8 Å². The van der Waals surface area contributed by atoms with Crippen LogP contribution < -0.4 is 0 Å². The van der Waals surface area contributed by atoms with E-state index < -0.39 is 17.6 Å². The number of likely N-dealkylation sites (tertiary alicyclic amines) is 1. The number of thiazole rings is 1. The summed E-state index contributed by atoms with van der Waals surface area (Å²) in [6.45, 7) is 3.14. The number of rotatable bonds is 3. The van der Waals surface area contributed by atoms with Crippen LogP contribution in [0.5, 0.6) is 0 Å². The molecule has 5 rings (SSSR count). The second-order valence-corrected chi connectivity index (χ2v) is 10.2. The molecule has 2 fully saturated rings. The zero-order valence-electron chi connectivity index (χ0n) is 17.1. The van der Waals surface area contributed by atoms with Gasteiger partial charge in [-0.15, -0.1) is 22.7 Å². The van der Waals surface area contributed by atoms with Crippen LogP contribution in [0.2, 0.25) is 5.02 Å². The summed E-state index contributed by atoms with van der Waals surface area (Å²) in [5, 5.41) is 1.88. The lowest BCUT2D eigenvalue weighted by Gasteiger charge is -2.48. The average Bonchev–Trinajstić information content (AvgIpc) is 3.40. The highest BCUT2D eigenvalue weighted by Gasteiger charge is 2.43. The summed E-state index contributed by atoms with van der Waals surface area (Å²) in [6, 6.07) is 4.37. The SMILES string of the molecule is O=C(c1cscn1)N1CCN(C2CN(C(=O)c3sc4ccc(Cl)cc4c3C(F)(F)F)C2)CC1. The molecule has 4 heterocycles. The molecule has 2 saturated heterocycles. The fourth-order valence-corrected chi connectivity index (χ4v) is 6.14. The van der Waals surface area contributed by atoms with Gasteiger partial charge >= 0.3 is 6.18 Å². The van der Waals surface area contributed by atoms with Gasteiger partial charge in [-0.05, 0) is 18.2 Å². The molecule has 2 aliphatic heterocycles. The summed E-state index contributed by atoms with van der Waals surface area (Å²) in [5.41, 5.74) is 1.16. The van der Waals surface area contributed by atoms with E-state index in [4.69, 9.17) is 11.6 Å². The maximum absolute atomic E-state index is 13.8. The third-order valence-corrected chi connectivity index (χ3v) is 8.03. The molecule has 0 spiro atoms. The zero-order chi connectivity index (χ0) is 23.3. The van der Waals surface area contributed by atoms with Crippen molar-refractivity contribution in [3.05, 3.63) is 50.2 Å². The van der Waals surface area contributed by atoms with Gasteiger partial charge in [0.1, 0.15) is 10.6 Å². The third kappa shape index (κ3) is 4.23. The minimum absolute atomic E-state index is 0.0404. The van der Waals surface area contributed by atoms with Crippen LogP contribution in [0.1, 0.15) is 25.7 Å². The van der Waals surface area contributed by atoms with Crippen LogP contribution in [0, 0.1) is 0 Å². The zero-order valence-corrected chi connectivity index (χ0v) is 19.5. The van der Waals surface area contributed by atoms with E-state index in [1.165, 1.54) is 34.4 Å². The number of hydrogen-bond acceptors (Lipinski definition) is 6. The fourth-order valence-electron chi connectivity index (χ4n) is 4.27. The van der Waals surface area contributed by atoms with E-state index in [0.717, 1.165) is 11.3 Å². The first-order valence-corrected chi connectivity index (χ1v) is 12.4. The number of thiophene rings is 1. The number of amides is 2. The van der Waals surface area contributed by atoms with Crippen molar-refractivity contribution in [1.29, 1.82) is 0 Å². The maximum Gasteiger partial charge on any atom is 0.418 e. The van der Waals surface area contributed by atoms with Crippen LogP contribution in [-0.2, 0) is 6.18 Å². The van der Waals surface area contributed by atoms with Gasteiger partial charge < -0.3 is 9.80 Å². The van der Waals surface area contributed by atoms with E-state index >= 15 is 0 Å². The van der Waals surface area contributed by atoms with Crippen molar-refractivity contribution in [3.63, 3.8) is 0 Å². The standard InChI is InChI=1S/C21H18ClF3N4O2S2/c22-12-1-2-16-14(7-12)17(21(23,24)25)18(33-16)20(31)29-8-13(9-29)27-3-5-28(6-4-27)19(30)15-10-32-11-26-15/h1-2,7,10-11,13H,3-6,8-9H2. The van der Waals surface area contributed by atoms with Gasteiger partial charge in [-0.2, -0.15) is 13.2 Å². The first-order chi connectivity index (χ1) is 15.7. The van der Waals surface area contributed by atoms with Gasteiger partial charge in [0, 0.05) is 65.8 Å². The Labute approximate surface area is 200 Å². The number of fused-ring (bicyclic) bond motifs is 1. The van der Waals surface area contributed by atoms with Crippen LogP contribution in [0.4, 0.5) is 13.2 Å². The Balaban J connectivity index is 1.24. The Morgan fingerprint density at radius 2 is 1.79 bits per heavy atom. The molecule has 0 atom stereocenters. The summed E-state index contributed by atoms with van der Waals surface area (Å²) >= 11 is 8.13. The van der Waals surface area contributed by atoms with Gasteiger partial charge in [-0.25, -0.2) is 4.98 Å². The third-order valence-electron chi connectivity index (χ3n) is 6.05. The minimum atomic E-state index is -4.65. The molecule has 174 valence electrons. The lowest BCUT2D eigenvalue weighted by Crippen LogP contribution is -2.64. The number of aromatic nitrogens is 1. The number of carbonyl (C=O) groups is 2. The largest absolute Gasteiger partial charge is 0.418 e. The number of hydrogen-bond donors (Lipinski definition) is 0. The quantitative estimate of drug-likeness (QED) is 0.522. The van der Waals surface area contributed by atoms with Crippen molar-refractivity contribution in [3.8, 4) is 0 Å². The number of nitrogens with zero attached hydrogens (tertiary/aromatic N) is 4. The molecule has 0 saturated carbocycles. The molecular formula is C21H18ClF3N4O2S2. The molecule has 0 radical (unpaired) electrons. The van der Waals surface area contributed by atoms with Crippen molar-refractivity contribution >= 4 is 56.2 Å². The van der Waals surface area contributed by atoms with Crippen LogP contribution in [0.15, 0.2) is 29.1 Å². The van der Waals surface area contributed by atoms with E-state index in [1.807, 2.05) is 0 Å². The Hall–Kier alpha value is -2.21. The predicted molar refractivity (Wildman–Crippen MR) is 121 cm³/mol. The summed E-state index contributed by atoms with van der Waals surface area (Å²) in [4.78, 5) is 34.6. The highest BCUT2D eigenvalue weighted by atomic mass is 35.5. The van der Waals surface area contributed by atoms with Crippen LogP contribution >= 0.6 is 34.3 Å². The second kappa shape index (κ2) is 8.53. The van der Waals surface area contributed by atoms with Gasteiger partial charge in [0.05, 0.1) is 11.1 Å². The lowest BCUT2D eigenvalue weighted by molar-refractivity contribution is -0.136. The first kappa shape index (κ1) is 22.6. The molecule has 2 amide bonds. The first-order valence-electron chi connectivity index (χ1n) is 10.2. The molecule has 3 aromatic rings. The Morgan fingerprint density at radius 3 is 2.42 bits per heavy atom. The molecule has 6 nitrogen and oxygen atoms in total. The normalized spacial score (nSPS) is 18.1. The molecule has 0 unspecified atom stereocenters. The van der Waals surface area contributed by atoms with Gasteiger partial charge in [-0.1, -0.05) is 11.6 Å². The lowest BCUT2D eigenvalue weighted by atomic mass is 10.0. The second-order valence-electron chi connectivity index (χ2n) is 8.01. The molecule has 2 aliphatic rings.